The van der Waals surface area contributed by atoms with Crippen molar-refractivity contribution in [2.75, 3.05) is 13.6 Å². The Balaban J connectivity index is 2.95. The maximum atomic E-state index is 11.8. The van der Waals surface area contributed by atoms with Gasteiger partial charge in [-0.2, -0.15) is 0 Å². The standard InChI is InChI=1S/C12H17NO2/c1-8-4-5-9(2)10(6-8)12(15)11(14)7-13-3/h4-6,11,13-14H,7H2,1-3H3. The third-order valence-corrected chi connectivity index (χ3v) is 2.36. The molecule has 0 spiro atoms. The molecule has 0 aliphatic carbocycles. The number of rotatable bonds is 4. The van der Waals surface area contributed by atoms with Gasteiger partial charge >= 0.3 is 0 Å². The number of likely N-dealkylation sites (N-methyl/N-ethyl adjacent to an activating group) is 1. The third-order valence-electron chi connectivity index (χ3n) is 2.36. The third kappa shape index (κ3) is 2.88. The predicted molar refractivity (Wildman–Crippen MR) is 60.2 cm³/mol. The van der Waals surface area contributed by atoms with Crippen molar-refractivity contribution in [2.45, 2.75) is 20.0 Å². The first kappa shape index (κ1) is 11.9. The van der Waals surface area contributed by atoms with Crippen molar-refractivity contribution in [2.24, 2.45) is 0 Å². The first-order chi connectivity index (χ1) is 7.06. The van der Waals surface area contributed by atoms with Gasteiger partial charge < -0.3 is 10.4 Å². The molecule has 2 N–H and O–H groups in total. The topological polar surface area (TPSA) is 49.3 Å². The lowest BCUT2D eigenvalue weighted by Gasteiger charge is -2.11. The van der Waals surface area contributed by atoms with Gasteiger partial charge in [0, 0.05) is 12.1 Å². The summed E-state index contributed by atoms with van der Waals surface area (Å²) in [5.74, 6) is -0.217. The quantitative estimate of drug-likeness (QED) is 0.726. The van der Waals surface area contributed by atoms with E-state index < -0.39 is 6.10 Å². The van der Waals surface area contributed by atoms with Crippen LogP contribution in [0.1, 0.15) is 21.5 Å². The van der Waals surface area contributed by atoms with E-state index in [1.165, 1.54) is 0 Å². The van der Waals surface area contributed by atoms with E-state index in [0.29, 0.717) is 5.56 Å². The van der Waals surface area contributed by atoms with Crippen LogP contribution in [0.25, 0.3) is 0 Å². The number of carbonyl (C=O) groups is 1. The van der Waals surface area contributed by atoms with Crippen molar-refractivity contribution in [3.8, 4) is 0 Å². The van der Waals surface area contributed by atoms with Crippen LogP contribution >= 0.6 is 0 Å². The van der Waals surface area contributed by atoms with Crippen molar-refractivity contribution in [1.29, 1.82) is 0 Å². The van der Waals surface area contributed by atoms with Crippen LogP contribution in [0.2, 0.25) is 0 Å². The van der Waals surface area contributed by atoms with E-state index in [4.69, 9.17) is 0 Å². The Morgan fingerprint density at radius 1 is 1.47 bits per heavy atom. The number of aliphatic hydroxyl groups excluding tert-OH is 1. The lowest BCUT2D eigenvalue weighted by molar-refractivity contribution is 0.0749. The number of Topliss-reactive ketones (excluding diaryl/α,β-unsaturated/α-hetero) is 1. The van der Waals surface area contributed by atoms with E-state index in [9.17, 15) is 9.90 Å². The molecule has 1 aromatic carbocycles. The van der Waals surface area contributed by atoms with Gasteiger partial charge in [0.05, 0.1) is 0 Å². The highest BCUT2D eigenvalue weighted by Gasteiger charge is 2.17. The molecule has 0 saturated heterocycles. The summed E-state index contributed by atoms with van der Waals surface area (Å²) in [4.78, 5) is 11.8. The smallest absolute Gasteiger partial charge is 0.192 e. The summed E-state index contributed by atoms with van der Waals surface area (Å²) in [6, 6.07) is 5.67. The minimum absolute atomic E-state index is 0.217. The van der Waals surface area contributed by atoms with Crippen LogP contribution in [0.4, 0.5) is 0 Å². The molecule has 1 unspecified atom stereocenters. The zero-order chi connectivity index (χ0) is 11.4. The Kier molecular flexibility index (Phi) is 4.00. The van der Waals surface area contributed by atoms with E-state index in [-0.39, 0.29) is 12.3 Å². The molecule has 0 aliphatic rings. The predicted octanol–water partition coefficient (Wildman–Crippen LogP) is 1.07. The van der Waals surface area contributed by atoms with Gasteiger partial charge in [0.25, 0.3) is 0 Å². The molecule has 1 aromatic rings. The molecule has 3 nitrogen and oxygen atoms in total. The summed E-state index contributed by atoms with van der Waals surface area (Å²) < 4.78 is 0. The van der Waals surface area contributed by atoms with Gasteiger partial charge in [0.2, 0.25) is 0 Å². The van der Waals surface area contributed by atoms with Crippen molar-refractivity contribution >= 4 is 5.78 Å². The molecular weight excluding hydrogens is 190 g/mol. The Hall–Kier alpha value is -1.19. The maximum Gasteiger partial charge on any atom is 0.192 e. The van der Waals surface area contributed by atoms with Crippen LogP contribution in [0.15, 0.2) is 18.2 Å². The van der Waals surface area contributed by atoms with Crippen LogP contribution < -0.4 is 5.32 Å². The van der Waals surface area contributed by atoms with Crippen molar-refractivity contribution in [3.05, 3.63) is 34.9 Å². The van der Waals surface area contributed by atoms with Crippen LogP contribution in [-0.4, -0.2) is 30.6 Å². The summed E-state index contributed by atoms with van der Waals surface area (Å²) >= 11 is 0. The average molecular weight is 207 g/mol. The molecule has 0 aliphatic heterocycles. The molecular formula is C12H17NO2. The number of hydrogen-bond donors (Lipinski definition) is 2. The van der Waals surface area contributed by atoms with E-state index in [0.717, 1.165) is 11.1 Å². The zero-order valence-electron chi connectivity index (χ0n) is 9.37. The highest BCUT2D eigenvalue weighted by atomic mass is 16.3. The van der Waals surface area contributed by atoms with Gasteiger partial charge in [-0.05, 0) is 32.5 Å². The van der Waals surface area contributed by atoms with Gasteiger partial charge in [-0.15, -0.1) is 0 Å². The fraction of sp³-hybridized carbons (Fsp3) is 0.417. The molecule has 0 radical (unpaired) electrons. The van der Waals surface area contributed by atoms with Crippen molar-refractivity contribution in [3.63, 3.8) is 0 Å². The van der Waals surface area contributed by atoms with Crippen LogP contribution in [-0.2, 0) is 0 Å². The molecule has 82 valence electrons. The summed E-state index contributed by atoms with van der Waals surface area (Å²) in [6.45, 7) is 4.09. The second-order valence-corrected chi connectivity index (χ2v) is 3.76. The number of benzene rings is 1. The van der Waals surface area contributed by atoms with E-state index >= 15 is 0 Å². The highest BCUT2D eigenvalue weighted by Crippen LogP contribution is 2.12. The van der Waals surface area contributed by atoms with Gasteiger partial charge in [-0.25, -0.2) is 0 Å². The number of carbonyl (C=O) groups excluding carboxylic acids is 1. The molecule has 0 fully saturated rings. The SMILES string of the molecule is CNCC(O)C(=O)c1cc(C)ccc1C. The molecule has 3 heteroatoms. The van der Waals surface area contributed by atoms with Crippen LogP contribution in [0.5, 0.6) is 0 Å². The second kappa shape index (κ2) is 5.05. The monoisotopic (exact) mass is 207 g/mol. The van der Waals surface area contributed by atoms with Crippen LogP contribution in [0, 0.1) is 13.8 Å². The summed E-state index contributed by atoms with van der Waals surface area (Å²) in [5, 5.41) is 12.4. The van der Waals surface area contributed by atoms with Gasteiger partial charge in [0.15, 0.2) is 5.78 Å². The molecule has 0 bridgehead atoms. The van der Waals surface area contributed by atoms with Gasteiger partial charge in [0.1, 0.15) is 6.10 Å². The first-order valence-corrected chi connectivity index (χ1v) is 5.00. The Labute approximate surface area is 90.1 Å². The molecule has 1 atom stereocenters. The molecule has 0 aromatic heterocycles. The number of aliphatic hydroxyl groups is 1. The molecule has 0 saturated carbocycles. The molecule has 0 amide bonds. The van der Waals surface area contributed by atoms with Gasteiger partial charge in [-0.1, -0.05) is 17.7 Å². The Bertz CT molecular complexity index is 361. The Morgan fingerprint density at radius 3 is 2.73 bits per heavy atom. The summed E-state index contributed by atoms with van der Waals surface area (Å²) in [7, 11) is 1.71. The summed E-state index contributed by atoms with van der Waals surface area (Å²) in [5.41, 5.74) is 2.54. The minimum atomic E-state index is -0.963. The highest BCUT2D eigenvalue weighted by molar-refractivity contribution is 6.00. The number of ketones is 1. The molecule has 0 heterocycles. The van der Waals surface area contributed by atoms with Crippen molar-refractivity contribution in [1.82, 2.24) is 5.32 Å². The van der Waals surface area contributed by atoms with E-state index in [1.807, 2.05) is 32.0 Å². The summed E-state index contributed by atoms with van der Waals surface area (Å²) in [6.07, 6.45) is -0.963. The molecule has 1 rings (SSSR count). The second-order valence-electron chi connectivity index (χ2n) is 3.76. The number of aryl methyl sites for hydroxylation is 2. The zero-order valence-corrected chi connectivity index (χ0v) is 9.37. The van der Waals surface area contributed by atoms with E-state index in [2.05, 4.69) is 5.32 Å². The average Bonchev–Trinajstić information content (AvgIpc) is 2.21. The lowest BCUT2D eigenvalue weighted by Crippen LogP contribution is -2.31. The minimum Gasteiger partial charge on any atom is -0.384 e. The van der Waals surface area contributed by atoms with E-state index in [1.54, 1.807) is 7.05 Å². The number of nitrogens with one attached hydrogen (secondary N) is 1. The van der Waals surface area contributed by atoms with Crippen molar-refractivity contribution < 1.29 is 9.90 Å². The Morgan fingerprint density at radius 2 is 2.13 bits per heavy atom. The fourth-order valence-electron chi connectivity index (χ4n) is 1.47. The first-order valence-electron chi connectivity index (χ1n) is 5.00. The number of hydrogen-bond acceptors (Lipinski definition) is 3. The maximum absolute atomic E-state index is 11.8. The fourth-order valence-corrected chi connectivity index (χ4v) is 1.47. The molecule has 15 heavy (non-hydrogen) atoms. The van der Waals surface area contributed by atoms with Crippen LogP contribution in [0.3, 0.4) is 0 Å². The van der Waals surface area contributed by atoms with Gasteiger partial charge in [-0.3, -0.25) is 4.79 Å². The normalized spacial score (nSPS) is 12.5. The largest absolute Gasteiger partial charge is 0.384 e. The lowest BCUT2D eigenvalue weighted by atomic mass is 9.99.